The summed E-state index contributed by atoms with van der Waals surface area (Å²) in [5, 5.41) is 11.0. The number of carbonyl (C=O) groups is 2. The van der Waals surface area contributed by atoms with Gasteiger partial charge in [-0.3, -0.25) is 9.28 Å². The topological polar surface area (TPSA) is 63.6 Å². The van der Waals surface area contributed by atoms with Gasteiger partial charge in [-0.15, -0.1) is 0 Å². The number of allylic oxidation sites excluding steroid dienone is 4. The van der Waals surface area contributed by atoms with E-state index in [-0.39, 0.29) is 16.7 Å². The van der Waals surface area contributed by atoms with Crippen molar-refractivity contribution in [2.24, 2.45) is 5.41 Å². The molecule has 0 aliphatic carbocycles. The fraction of sp³-hybridized carbons (Fsp3) is 0.500. The Kier molecular flexibility index (Phi) is 7.74. The molecule has 1 aliphatic heterocycles. The second kappa shape index (κ2) is 9.06. The summed E-state index contributed by atoms with van der Waals surface area (Å²) in [6.07, 6.45) is 13.1. The van der Waals surface area contributed by atoms with E-state index >= 15 is 0 Å². The van der Waals surface area contributed by atoms with E-state index in [9.17, 15) is 14.7 Å². The van der Waals surface area contributed by atoms with Crippen molar-refractivity contribution in [1.82, 2.24) is 0 Å². The molecule has 0 amide bonds. The molecule has 5 nitrogen and oxygen atoms in total. The monoisotopic (exact) mass is 402 g/mol. The van der Waals surface area contributed by atoms with Gasteiger partial charge in [-0.25, -0.2) is 4.79 Å². The molecule has 5 heteroatoms. The number of hydrogen-bond donors (Lipinski definition) is 1. The average Bonchev–Trinajstić information content (AvgIpc) is 2.64. The summed E-state index contributed by atoms with van der Waals surface area (Å²) in [7, 11) is 3.80. The maximum absolute atomic E-state index is 13.8. The number of aliphatic hydroxyl groups is 1. The van der Waals surface area contributed by atoms with E-state index in [0.29, 0.717) is 6.54 Å². The lowest BCUT2D eigenvalue weighted by atomic mass is 9.69. The molecule has 2 atom stereocenters. The lowest BCUT2D eigenvalue weighted by molar-refractivity contribution is -0.958. The molecule has 0 radical (unpaired) electrons. The van der Waals surface area contributed by atoms with Crippen LogP contribution in [0.2, 0.25) is 0 Å². The predicted octanol–water partition coefficient (Wildman–Crippen LogP) is 3.87. The first-order chi connectivity index (χ1) is 13.4. The second-order valence-corrected chi connectivity index (χ2v) is 8.28. The number of ketones is 1. The highest BCUT2D eigenvalue weighted by Crippen LogP contribution is 2.50. The van der Waals surface area contributed by atoms with Crippen LogP contribution in [-0.4, -0.2) is 53.3 Å². The van der Waals surface area contributed by atoms with Crippen molar-refractivity contribution < 1.29 is 23.9 Å². The first-order valence-electron chi connectivity index (χ1n) is 9.94. The van der Waals surface area contributed by atoms with Crippen LogP contribution in [0.4, 0.5) is 0 Å². The first-order valence-corrected chi connectivity index (χ1v) is 9.94. The average molecular weight is 403 g/mol. The number of ether oxygens (including phenoxy) is 1. The number of hydrogen-bond acceptors (Lipinski definition) is 4. The maximum atomic E-state index is 13.8. The van der Waals surface area contributed by atoms with E-state index in [2.05, 4.69) is 6.58 Å². The van der Waals surface area contributed by atoms with Crippen LogP contribution in [-0.2, 0) is 14.3 Å². The second-order valence-electron chi connectivity index (χ2n) is 8.28. The fourth-order valence-electron chi connectivity index (χ4n) is 4.40. The summed E-state index contributed by atoms with van der Waals surface area (Å²) >= 11 is 0. The van der Waals surface area contributed by atoms with Gasteiger partial charge in [-0.05, 0) is 46.3 Å². The van der Waals surface area contributed by atoms with Crippen molar-refractivity contribution in [2.75, 3.05) is 20.6 Å². The summed E-state index contributed by atoms with van der Waals surface area (Å²) in [4.78, 5) is 27.0. The lowest BCUT2D eigenvalue weighted by Gasteiger charge is -2.52. The van der Waals surface area contributed by atoms with Crippen LogP contribution in [0.1, 0.15) is 41.0 Å². The summed E-state index contributed by atoms with van der Waals surface area (Å²) < 4.78 is 6.28. The number of cyclic esters (lactones) is 1. The number of Topliss-reactive ketones (excluding diaryl/α,β-unsaturated/α-hetero) is 1. The number of quaternary nitrogens is 1. The van der Waals surface area contributed by atoms with Crippen molar-refractivity contribution in [1.29, 1.82) is 0 Å². The Morgan fingerprint density at radius 3 is 1.93 bits per heavy atom. The molecule has 160 valence electrons. The molecular weight excluding hydrogens is 366 g/mol. The van der Waals surface area contributed by atoms with Crippen molar-refractivity contribution in [3.05, 3.63) is 60.8 Å². The quantitative estimate of drug-likeness (QED) is 0.399. The van der Waals surface area contributed by atoms with E-state index in [1.165, 1.54) is 6.08 Å². The zero-order chi connectivity index (χ0) is 22.5. The number of rotatable bonds is 7. The zero-order valence-electron chi connectivity index (χ0n) is 18.9. The van der Waals surface area contributed by atoms with Crippen molar-refractivity contribution >= 4 is 11.8 Å². The van der Waals surface area contributed by atoms with Crippen molar-refractivity contribution in [3.63, 3.8) is 0 Å². The van der Waals surface area contributed by atoms with Gasteiger partial charge in [0.05, 0.1) is 20.5 Å². The minimum absolute atomic E-state index is 0.130. The third-order valence-corrected chi connectivity index (χ3v) is 5.34. The summed E-state index contributed by atoms with van der Waals surface area (Å²) in [6, 6.07) is 0. The van der Waals surface area contributed by atoms with Crippen molar-refractivity contribution in [3.8, 4) is 0 Å². The van der Waals surface area contributed by atoms with Crippen LogP contribution in [0.3, 0.4) is 0 Å². The van der Waals surface area contributed by atoms with Gasteiger partial charge in [-0.1, -0.05) is 43.0 Å². The first kappa shape index (κ1) is 24.8. The van der Waals surface area contributed by atoms with E-state index in [4.69, 9.17) is 4.74 Å². The van der Waals surface area contributed by atoms with Crippen LogP contribution in [0, 0.1) is 5.41 Å². The van der Waals surface area contributed by atoms with E-state index in [1.807, 2.05) is 41.8 Å². The molecule has 0 aromatic rings. The normalized spacial score (nSPS) is 31.9. The molecule has 0 saturated carbocycles. The van der Waals surface area contributed by atoms with Gasteiger partial charge in [-0.2, -0.15) is 0 Å². The molecule has 1 N–H and O–H groups in total. The van der Waals surface area contributed by atoms with Gasteiger partial charge in [0.1, 0.15) is 6.54 Å². The number of nitrogens with zero attached hydrogens (tertiary/aromatic N) is 1. The van der Waals surface area contributed by atoms with Gasteiger partial charge >= 0.3 is 5.97 Å². The summed E-state index contributed by atoms with van der Waals surface area (Å²) in [6.45, 7) is 13.5. The minimum atomic E-state index is -2.02. The van der Waals surface area contributed by atoms with Gasteiger partial charge < -0.3 is 9.84 Å². The van der Waals surface area contributed by atoms with Crippen LogP contribution in [0.25, 0.3) is 0 Å². The van der Waals surface area contributed by atoms with Gasteiger partial charge in [0.2, 0.25) is 0 Å². The Balaban J connectivity index is 4.11. The molecule has 1 rings (SSSR count). The molecule has 0 aromatic heterocycles. The molecule has 1 saturated heterocycles. The number of likely N-dealkylation sites (N-methyl/N-ethyl adjacent to an activating group) is 1. The number of esters is 1. The van der Waals surface area contributed by atoms with Gasteiger partial charge in [0, 0.05) is 6.08 Å². The highest BCUT2D eigenvalue weighted by molar-refractivity contribution is 5.99. The molecule has 1 aliphatic rings. The van der Waals surface area contributed by atoms with E-state index < -0.39 is 22.7 Å². The number of carbonyl (C=O) groups excluding carboxylic acids is 2. The van der Waals surface area contributed by atoms with Crippen LogP contribution in [0.5, 0.6) is 0 Å². The maximum Gasteiger partial charge on any atom is 0.347 e. The third-order valence-electron chi connectivity index (χ3n) is 5.34. The zero-order valence-corrected chi connectivity index (χ0v) is 18.9. The Hall–Kier alpha value is -2.24. The molecule has 0 bridgehead atoms. The SMILES string of the molecule is C=C(C)C[N+](C)(C)C1(C=CC)OC(=O)C(O)(C=CC)CC(=O)C1(C=CC)C=CC. The standard InChI is InChI=1S/C24H36NO4/c1-9-13-22(14-10-2)20(26)17-23(28,15-11-3)21(27)29-24(22,16-12-4)25(7,8)18-19(5)6/h9-16,28H,5,17-18H2,1-4,6-8H3/q+1. The fourth-order valence-corrected chi connectivity index (χ4v) is 4.40. The minimum Gasteiger partial charge on any atom is -0.402 e. The lowest BCUT2D eigenvalue weighted by Crippen LogP contribution is -2.69. The van der Waals surface area contributed by atoms with Crippen LogP contribution in [0.15, 0.2) is 60.8 Å². The Morgan fingerprint density at radius 1 is 1.03 bits per heavy atom. The highest BCUT2D eigenvalue weighted by Gasteiger charge is 2.68. The molecule has 0 spiro atoms. The smallest absolute Gasteiger partial charge is 0.347 e. The molecule has 1 heterocycles. The Bertz CT molecular complexity index is 760. The molecule has 1 fully saturated rings. The molecule has 0 aromatic carbocycles. The van der Waals surface area contributed by atoms with Crippen molar-refractivity contribution in [2.45, 2.75) is 52.4 Å². The third kappa shape index (κ3) is 4.21. The largest absolute Gasteiger partial charge is 0.402 e. The van der Waals surface area contributed by atoms with Crippen LogP contribution < -0.4 is 0 Å². The van der Waals surface area contributed by atoms with E-state index in [0.717, 1.165) is 5.57 Å². The Morgan fingerprint density at radius 2 is 1.52 bits per heavy atom. The molecule has 29 heavy (non-hydrogen) atoms. The summed E-state index contributed by atoms with van der Waals surface area (Å²) in [5.41, 5.74) is -3.86. The Labute approximate surface area is 175 Å². The van der Waals surface area contributed by atoms with Gasteiger partial charge in [0.15, 0.2) is 16.8 Å². The summed E-state index contributed by atoms with van der Waals surface area (Å²) in [5.74, 6) is -1.14. The van der Waals surface area contributed by atoms with Gasteiger partial charge in [0.25, 0.3) is 5.72 Å². The predicted molar refractivity (Wildman–Crippen MR) is 117 cm³/mol. The highest BCUT2D eigenvalue weighted by atomic mass is 16.6. The van der Waals surface area contributed by atoms with Crippen LogP contribution >= 0.6 is 0 Å². The molecule has 2 unspecified atom stereocenters. The van der Waals surface area contributed by atoms with E-state index in [1.54, 1.807) is 49.5 Å². The molecular formula is C24H36NO4+.